The van der Waals surface area contributed by atoms with Crippen molar-refractivity contribution in [1.29, 1.82) is 0 Å². The van der Waals surface area contributed by atoms with Gasteiger partial charge in [0, 0.05) is 16.5 Å². The van der Waals surface area contributed by atoms with Gasteiger partial charge in [0.15, 0.2) is 5.65 Å². The Balaban J connectivity index is 1.37. The fourth-order valence-electron chi connectivity index (χ4n) is 4.32. The number of nitrogens with one attached hydrogen (secondary N) is 2. The van der Waals surface area contributed by atoms with E-state index in [1.165, 1.54) is 21.9 Å². The lowest BCUT2D eigenvalue weighted by Gasteiger charge is -2.09. The van der Waals surface area contributed by atoms with Crippen molar-refractivity contribution in [2.24, 2.45) is 5.10 Å². The molecule has 6 rings (SSSR count). The Morgan fingerprint density at radius 2 is 1.76 bits per heavy atom. The summed E-state index contributed by atoms with van der Waals surface area (Å²) in [4.78, 5) is 7.81. The van der Waals surface area contributed by atoms with Crippen LogP contribution in [-0.4, -0.2) is 25.9 Å². The first-order chi connectivity index (χ1) is 14.3. The van der Waals surface area contributed by atoms with Gasteiger partial charge in [-0.15, -0.1) is 10.2 Å². The van der Waals surface area contributed by atoms with Crippen LogP contribution in [0.3, 0.4) is 0 Å². The maximum Gasteiger partial charge on any atom is 0.265 e. The maximum absolute atomic E-state index is 4.54. The molecule has 2 N–H and O–H groups in total. The fourth-order valence-corrected chi connectivity index (χ4v) is 4.32. The van der Waals surface area contributed by atoms with Crippen LogP contribution in [0.1, 0.15) is 23.6 Å². The van der Waals surface area contributed by atoms with Gasteiger partial charge >= 0.3 is 0 Å². The van der Waals surface area contributed by atoms with Crippen molar-refractivity contribution in [3.05, 3.63) is 71.3 Å². The molecule has 29 heavy (non-hydrogen) atoms. The number of hydrogen-bond acceptors (Lipinski definition) is 5. The Labute approximate surface area is 166 Å². The fraction of sp³-hybridized carbons (Fsp3) is 0.130. The van der Waals surface area contributed by atoms with Crippen molar-refractivity contribution in [2.75, 3.05) is 5.43 Å². The molecule has 0 aliphatic heterocycles. The van der Waals surface area contributed by atoms with E-state index in [-0.39, 0.29) is 0 Å². The van der Waals surface area contributed by atoms with Gasteiger partial charge in [0.25, 0.3) is 5.95 Å². The van der Waals surface area contributed by atoms with E-state index in [4.69, 9.17) is 0 Å². The lowest BCUT2D eigenvalue weighted by Crippen LogP contribution is -2.04. The van der Waals surface area contributed by atoms with Crippen molar-refractivity contribution in [3.63, 3.8) is 0 Å². The maximum atomic E-state index is 4.54. The smallest absolute Gasteiger partial charge is 0.265 e. The van der Waals surface area contributed by atoms with Crippen LogP contribution in [0.25, 0.3) is 32.8 Å². The highest BCUT2D eigenvalue weighted by Crippen LogP contribution is 2.33. The van der Waals surface area contributed by atoms with Gasteiger partial charge in [-0.1, -0.05) is 48.5 Å². The molecular formula is C23H18N6. The zero-order chi connectivity index (χ0) is 19.4. The molecule has 0 saturated carbocycles. The molecule has 140 valence electrons. The first-order valence-corrected chi connectivity index (χ1v) is 9.73. The molecular weight excluding hydrogens is 360 g/mol. The molecule has 2 heterocycles. The molecule has 0 unspecified atom stereocenters. The summed E-state index contributed by atoms with van der Waals surface area (Å²) in [5.74, 6) is 0.370. The molecule has 2 aromatic heterocycles. The van der Waals surface area contributed by atoms with Crippen LogP contribution in [0.2, 0.25) is 0 Å². The van der Waals surface area contributed by atoms with E-state index in [2.05, 4.69) is 61.0 Å². The number of hydrogen-bond donors (Lipinski definition) is 2. The molecule has 3 aromatic carbocycles. The summed E-state index contributed by atoms with van der Waals surface area (Å²) >= 11 is 0. The van der Waals surface area contributed by atoms with Crippen molar-refractivity contribution in [1.82, 2.24) is 20.2 Å². The summed E-state index contributed by atoms with van der Waals surface area (Å²) in [6, 6.07) is 18.9. The molecule has 0 bridgehead atoms. The van der Waals surface area contributed by atoms with Crippen LogP contribution in [0.15, 0.2) is 59.7 Å². The van der Waals surface area contributed by atoms with Crippen LogP contribution >= 0.6 is 0 Å². The van der Waals surface area contributed by atoms with E-state index < -0.39 is 0 Å². The number of rotatable bonds is 3. The summed E-state index contributed by atoms with van der Waals surface area (Å²) in [5.41, 5.74) is 10.3. The van der Waals surface area contributed by atoms with Crippen LogP contribution < -0.4 is 5.43 Å². The predicted octanol–water partition coefficient (Wildman–Crippen LogP) is 4.59. The third kappa shape index (κ3) is 2.49. The highest BCUT2D eigenvalue weighted by molar-refractivity contribution is 6.11. The number of aryl methyl sites for hydroxylation is 2. The second-order valence-electron chi connectivity index (χ2n) is 7.42. The van der Waals surface area contributed by atoms with Gasteiger partial charge in [0.05, 0.1) is 5.71 Å². The number of H-pyrrole nitrogens is 1. The standard InChI is InChI=1S/C23H18N6/c1-13(16-12-11-15-10-9-14-5-4-7-17(16)20(14)15)26-28-23-25-22-21(27-29-23)18-6-2-3-8-19(18)24-22/h2-8,11-12H,9-10H2,1H3,(H2,24,25,28,29). The van der Waals surface area contributed by atoms with Gasteiger partial charge in [-0.2, -0.15) is 10.1 Å². The largest absolute Gasteiger partial charge is 0.338 e. The van der Waals surface area contributed by atoms with Crippen molar-refractivity contribution < 1.29 is 0 Å². The van der Waals surface area contributed by atoms with E-state index in [9.17, 15) is 0 Å². The van der Waals surface area contributed by atoms with Gasteiger partial charge < -0.3 is 4.98 Å². The zero-order valence-corrected chi connectivity index (χ0v) is 15.9. The monoisotopic (exact) mass is 378 g/mol. The normalized spacial score (nSPS) is 13.6. The lowest BCUT2D eigenvalue weighted by molar-refractivity contribution is 1.01. The lowest BCUT2D eigenvalue weighted by atomic mass is 9.98. The Bertz CT molecular complexity index is 1440. The molecule has 0 radical (unpaired) electrons. The molecule has 5 aromatic rings. The summed E-state index contributed by atoms with van der Waals surface area (Å²) in [7, 11) is 0. The molecule has 0 saturated heterocycles. The molecule has 0 atom stereocenters. The second kappa shape index (κ2) is 6.10. The third-order valence-electron chi connectivity index (χ3n) is 5.71. The van der Waals surface area contributed by atoms with Gasteiger partial charge in [-0.05, 0) is 47.7 Å². The summed E-state index contributed by atoms with van der Waals surface area (Å²) in [6.07, 6.45) is 2.24. The number of benzene rings is 3. The first kappa shape index (κ1) is 16.2. The predicted molar refractivity (Wildman–Crippen MR) is 116 cm³/mol. The van der Waals surface area contributed by atoms with E-state index in [0.29, 0.717) is 11.6 Å². The highest BCUT2D eigenvalue weighted by Gasteiger charge is 2.16. The number of fused-ring (bicyclic) bond motifs is 3. The van der Waals surface area contributed by atoms with E-state index in [1.54, 1.807) is 0 Å². The average molecular weight is 378 g/mol. The Kier molecular flexibility index (Phi) is 3.41. The Morgan fingerprint density at radius 3 is 2.69 bits per heavy atom. The van der Waals surface area contributed by atoms with Gasteiger partial charge in [0.2, 0.25) is 0 Å². The first-order valence-electron chi connectivity index (χ1n) is 9.73. The summed E-state index contributed by atoms with van der Waals surface area (Å²) in [5, 5.41) is 16.7. The Morgan fingerprint density at radius 1 is 0.931 bits per heavy atom. The second-order valence-corrected chi connectivity index (χ2v) is 7.42. The number of aromatic nitrogens is 4. The molecule has 0 spiro atoms. The average Bonchev–Trinajstić information content (AvgIpc) is 3.34. The van der Waals surface area contributed by atoms with Crippen molar-refractivity contribution >= 4 is 44.5 Å². The quantitative estimate of drug-likeness (QED) is 0.355. The highest BCUT2D eigenvalue weighted by atomic mass is 15.4. The van der Waals surface area contributed by atoms with Crippen molar-refractivity contribution in [3.8, 4) is 0 Å². The number of aromatic amines is 1. The minimum atomic E-state index is 0.370. The van der Waals surface area contributed by atoms with Gasteiger partial charge in [0.1, 0.15) is 5.52 Å². The zero-order valence-electron chi connectivity index (χ0n) is 15.9. The van der Waals surface area contributed by atoms with Crippen LogP contribution in [0, 0.1) is 0 Å². The van der Waals surface area contributed by atoms with Crippen LogP contribution in [0.5, 0.6) is 0 Å². The summed E-state index contributed by atoms with van der Waals surface area (Å²) < 4.78 is 0. The summed E-state index contributed by atoms with van der Waals surface area (Å²) in [6.45, 7) is 2.00. The molecule has 0 amide bonds. The van der Waals surface area contributed by atoms with Crippen LogP contribution in [0.4, 0.5) is 5.95 Å². The molecule has 6 nitrogen and oxygen atoms in total. The molecule has 1 aliphatic carbocycles. The van der Waals surface area contributed by atoms with Crippen LogP contribution in [-0.2, 0) is 12.8 Å². The number of nitrogens with zero attached hydrogens (tertiary/aromatic N) is 4. The molecule has 1 aliphatic rings. The van der Waals surface area contributed by atoms with E-state index in [1.807, 2.05) is 31.2 Å². The SMILES string of the molecule is CC(=NNc1nnc2c(n1)[nH]c1ccccc12)c1ccc2c3c(cccc13)CC2. The minimum absolute atomic E-state index is 0.370. The molecule has 6 heteroatoms. The van der Waals surface area contributed by atoms with Crippen molar-refractivity contribution in [2.45, 2.75) is 19.8 Å². The van der Waals surface area contributed by atoms with E-state index in [0.717, 1.165) is 40.5 Å². The topological polar surface area (TPSA) is 78.8 Å². The molecule has 0 fully saturated rings. The number of para-hydroxylation sites is 1. The third-order valence-corrected chi connectivity index (χ3v) is 5.71. The van der Waals surface area contributed by atoms with E-state index >= 15 is 0 Å². The van der Waals surface area contributed by atoms with Gasteiger partial charge in [-0.3, -0.25) is 0 Å². The number of hydrazone groups is 1. The number of anilines is 1. The Hall–Kier alpha value is -3.80. The van der Waals surface area contributed by atoms with Gasteiger partial charge in [-0.25, -0.2) is 5.43 Å². The minimum Gasteiger partial charge on any atom is -0.338 e.